The van der Waals surface area contributed by atoms with Gasteiger partial charge in [-0.1, -0.05) is 51.0 Å². The van der Waals surface area contributed by atoms with Crippen molar-refractivity contribution in [3.8, 4) is 0 Å². The molecule has 15 atom stereocenters. The average molecular weight is 631 g/mol. The molecule has 2 N–H and O–H groups in total. The van der Waals surface area contributed by atoms with E-state index in [1.54, 1.807) is 0 Å². The standard InChI is InChI=1S/C42H62O4/c1-24(43)32-10-11-34-31-9-7-26-21-29(45)22-27(42(26,5)36(31)16-19-40(32,34)3)23-38(46)37-13-12-33-30-8-6-25-20-28(44)14-17-39(25,2)35(30)15-18-41(33,37)4/h6-7,27-37,44-45H,8-23H2,1-5H3/t27?,28-,29?,30-,31?,32?,33-,34?,35-,36?,37+,39-,40?,41-,42?/m0/s1. The zero-order valence-corrected chi connectivity index (χ0v) is 29.5. The van der Waals surface area contributed by atoms with E-state index in [1.165, 1.54) is 36.8 Å². The number of hydrogen-bond donors (Lipinski definition) is 2. The number of ketones is 2. The van der Waals surface area contributed by atoms with Gasteiger partial charge in [-0.05, 0) is 166 Å². The van der Waals surface area contributed by atoms with Crippen molar-refractivity contribution in [1.29, 1.82) is 0 Å². The molecule has 46 heavy (non-hydrogen) atoms. The number of rotatable bonds is 4. The molecule has 0 saturated heterocycles. The van der Waals surface area contributed by atoms with Gasteiger partial charge in [-0.25, -0.2) is 0 Å². The third-order valence-corrected chi connectivity index (χ3v) is 17.8. The van der Waals surface area contributed by atoms with Crippen LogP contribution in [0.1, 0.15) is 137 Å². The summed E-state index contributed by atoms with van der Waals surface area (Å²) >= 11 is 0. The SMILES string of the molecule is CC(=O)C1CCC2C3CC=C4CC(O)CC(CC(=O)[C@H]5CC[C@H]6[C@@H]7CC=C8C[C@@H](O)CC[C@]8(C)[C@H]7CC[C@]56C)C4(C)C3CCC12C. The van der Waals surface area contributed by atoms with Crippen molar-refractivity contribution in [2.75, 3.05) is 0 Å². The fourth-order valence-corrected chi connectivity index (χ4v) is 15.4. The molecular formula is C42H62O4. The van der Waals surface area contributed by atoms with Gasteiger partial charge in [0.2, 0.25) is 0 Å². The quantitative estimate of drug-likeness (QED) is 0.305. The van der Waals surface area contributed by atoms with Gasteiger partial charge in [-0.3, -0.25) is 9.59 Å². The molecule has 0 amide bonds. The summed E-state index contributed by atoms with van der Waals surface area (Å²) < 4.78 is 0. The number of fused-ring (bicyclic) bond motifs is 10. The molecule has 0 bridgehead atoms. The number of aliphatic hydroxyl groups excluding tert-OH is 2. The van der Waals surface area contributed by atoms with Gasteiger partial charge in [0.05, 0.1) is 12.2 Å². The van der Waals surface area contributed by atoms with Gasteiger partial charge < -0.3 is 10.2 Å². The number of Topliss-reactive ketones (excluding diaryl/α,β-unsaturated/α-hetero) is 2. The van der Waals surface area contributed by atoms with E-state index in [-0.39, 0.29) is 51.6 Å². The highest BCUT2D eigenvalue weighted by molar-refractivity contribution is 5.83. The van der Waals surface area contributed by atoms with Crippen molar-refractivity contribution in [2.45, 2.75) is 150 Å². The molecule has 8 unspecified atom stereocenters. The highest BCUT2D eigenvalue weighted by Gasteiger charge is 2.63. The van der Waals surface area contributed by atoms with Crippen LogP contribution in [0.4, 0.5) is 0 Å². The van der Waals surface area contributed by atoms with E-state index >= 15 is 0 Å². The second kappa shape index (κ2) is 10.9. The van der Waals surface area contributed by atoms with E-state index < -0.39 is 0 Å². The second-order valence-electron chi connectivity index (χ2n) is 19.2. The van der Waals surface area contributed by atoms with E-state index in [0.29, 0.717) is 53.5 Å². The minimum Gasteiger partial charge on any atom is -0.393 e. The number of aliphatic hydroxyl groups is 2. The maximum Gasteiger partial charge on any atom is 0.136 e. The average Bonchev–Trinajstić information content (AvgIpc) is 3.55. The highest BCUT2D eigenvalue weighted by atomic mass is 16.3. The zero-order valence-electron chi connectivity index (χ0n) is 29.5. The van der Waals surface area contributed by atoms with E-state index in [4.69, 9.17) is 0 Å². The molecule has 4 heteroatoms. The highest BCUT2D eigenvalue weighted by Crippen LogP contribution is 2.69. The van der Waals surface area contributed by atoms with Crippen LogP contribution >= 0.6 is 0 Å². The molecule has 0 aliphatic heterocycles. The first-order chi connectivity index (χ1) is 21.8. The van der Waals surface area contributed by atoms with Crippen molar-refractivity contribution in [3.63, 3.8) is 0 Å². The third kappa shape index (κ3) is 4.36. The molecule has 0 spiro atoms. The van der Waals surface area contributed by atoms with Gasteiger partial charge in [0.1, 0.15) is 11.6 Å². The maximum absolute atomic E-state index is 14.7. The summed E-state index contributed by atoms with van der Waals surface area (Å²) in [6.45, 7) is 11.7. The lowest BCUT2D eigenvalue weighted by atomic mass is 9.44. The van der Waals surface area contributed by atoms with Crippen LogP contribution in [-0.4, -0.2) is 34.0 Å². The lowest BCUT2D eigenvalue weighted by molar-refractivity contribution is -0.136. The van der Waals surface area contributed by atoms with Crippen molar-refractivity contribution >= 4 is 11.6 Å². The maximum atomic E-state index is 14.7. The summed E-state index contributed by atoms with van der Waals surface area (Å²) in [5.74, 6) is 5.21. The fraction of sp³-hybridized carbons (Fsp3) is 0.857. The predicted octanol–water partition coefficient (Wildman–Crippen LogP) is 8.64. The Morgan fingerprint density at radius 1 is 0.696 bits per heavy atom. The second-order valence-corrected chi connectivity index (χ2v) is 19.2. The number of allylic oxidation sites excluding steroid dienone is 2. The Morgan fingerprint density at radius 3 is 1.98 bits per heavy atom. The van der Waals surface area contributed by atoms with Gasteiger partial charge in [0, 0.05) is 18.3 Å². The van der Waals surface area contributed by atoms with Crippen molar-refractivity contribution in [1.82, 2.24) is 0 Å². The molecule has 0 heterocycles. The topological polar surface area (TPSA) is 74.6 Å². The molecule has 4 nitrogen and oxygen atoms in total. The van der Waals surface area contributed by atoms with E-state index in [9.17, 15) is 19.8 Å². The monoisotopic (exact) mass is 630 g/mol. The largest absolute Gasteiger partial charge is 0.393 e. The predicted molar refractivity (Wildman–Crippen MR) is 182 cm³/mol. The van der Waals surface area contributed by atoms with Gasteiger partial charge in [0.25, 0.3) is 0 Å². The van der Waals surface area contributed by atoms with Gasteiger partial charge in [-0.2, -0.15) is 0 Å². The van der Waals surface area contributed by atoms with Gasteiger partial charge >= 0.3 is 0 Å². The Bertz CT molecular complexity index is 1340. The molecule has 0 radical (unpaired) electrons. The van der Waals surface area contributed by atoms with Crippen LogP contribution in [0.15, 0.2) is 23.3 Å². The molecule has 8 aliphatic rings. The van der Waals surface area contributed by atoms with Crippen LogP contribution in [-0.2, 0) is 9.59 Å². The van der Waals surface area contributed by atoms with E-state index in [2.05, 4.69) is 39.8 Å². The van der Waals surface area contributed by atoms with E-state index in [1.807, 2.05) is 6.92 Å². The lowest BCUT2D eigenvalue weighted by Crippen LogP contribution is -2.54. The normalized spacial score (nSPS) is 54.2. The fourth-order valence-electron chi connectivity index (χ4n) is 15.4. The third-order valence-electron chi connectivity index (χ3n) is 17.8. The van der Waals surface area contributed by atoms with E-state index in [0.717, 1.165) is 70.6 Å². The summed E-state index contributed by atoms with van der Waals surface area (Å²) in [5, 5.41) is 21.6. The van der Waals surface area contributed by atoms with Crippen LogP contribution in [0.25, 0.3) is 0 Å². The molecule has 0 aromatic rings. The molecule has 0 aromatic heterocycles. The van der Waals surface area contributed by atoms with Crippen LogP contribution in [0.2, 0.25) is 0 Å². The Morgan fingerprint density at radius 2 is 1.28 bits per heavy atom. The molecule has 8 aliphatic carbocycles. The van der Waals surface area contributed by atoms with Crippen LogP contribution in [0, 0.1) is 74.9 Å². The number of hydrogen-bond acceptors (Lipinski definition) is 4. The first-order valence-electron chi connectivity index (χ1n) is 19.6. The zero-order chi connectivity index (χ0) is 32.4. The summed E-state index contributed by atoms with van der Waals surface area (Å²) in [5.41, 5.74) is 3.41. The van der Waals surface area contributed by atoms with Gasteiger partial charge in [-0.15, -0.1) is 0 Å². The first kappa shape index (κ1) is 32.0. The molecular weight excluding hydrogens is 568 g/mol. The van der Waals surface area contributed by atoms with Crippen molar-refractivity contribution in [3.05, 3.63) is 23.3 Å². The summed E-state index contributed by atoms with van der Waals surface area (Å²) in [6, 6.07) is 0. The molecule has 6 fully saturated rings. The molecule has 8 rings (SSSR count). The van der Waals surface area contributed by atoms with Gasteiger partial charge in [0.15, 0.2) is 0 Å². The van der Waals surface area contributed by atoms with Crippen molar-refractivity contribution in [2.24, 2.45) is 74.9 Å². The van der Waals surface area contributed by atoms with Crippen LogP contribution in [0.3, 0.4) is 0 Å². The Balaban J connectivity index is 1.03. The summed E-state index contributed by atoms with van der Waals surface area (Å²) in [6.07, 6.45) is 21.0. The first-order valence-corrected chi connectivity index (χ1v) is 19.6. The minimum absolute atomic E-state index is 0.0191. The molecule has 254 valence electrons. The molecule has 0 aromatic carbocycles. The number of carbonyl (C=O) groups is 2. The number of carbonyl (C=O) groups excluding carboxylic acids is 2. The van der Waals surface area contributed by atoms with Crippen LogP contribution < -0.4 is 0 Å². The molecule has 6 saturated carbocycles. The Hall–Kier alpha value is -1.26. The van der Waals surface area contributed by atoms with Crippen LogP contribution in [0.5, 0.6) is 0 Å². The lowest BCUT2D eigenvalue weighted by Gasteiger charge is -2.60. The summed E-state index contributed by atoms with van der Waals surface area (Å²) in [4.78, 5) is 27.4. The summed E-state index contributed by atoms with van der Waals surface area (Å²) in [7, 11) is 0. The minimum atomic E-state index is -0.337. The Kier molecular flexibility index (Phi) is 7.55. The van der Waals surface area contributed by atoms with Crippen molar-refractivity contribution < 1.29 is 19.8 Å². The smallest absolute Gasteiger partial charge is 0.136 e. The Labute approximate surface area is 278 Å².